The average Bonchev–Trinajstić information content (AvgIpc) is 2.39. The Kier molecular flexibility index (Phi) is 4.50. The second kappa shape index (κ2) is 6.12. The van der Waals surface area contributed by atoms with Gasteiger partial charge in [0, 0.05) is 19.5 Å². The van der Waals surface area contributed by atoms with E-state index in [0.29, 0.717) is 19.6 Å². The third kappa shape index (κ3) is 3.40. The molecule has 18 heavy (non-hydrogen) atoms. The molecule has 1 aromatic rings. The van der Waals surface area contributed by atoms with Crippen molar-refractivity contribution in [1.29, 1.82) is 0 Å². The van der Waals surface area contributed by atoms with Crippen LogP contribution in [0.15, 0.2) is 24.3 Å². The van der Waals surface area contributed by atoms with E-state index in [2.05, 4.69) is 24.0 Å². The number of carbonyl (C=O) groups excluding carboxylic acids is 1. The number of nitrogens with zero attached hydrogens (tertiary/aromatic N) is 1. The normalized spacial score (nSPS) is 20.9. The summed E-state index contributed by atoms with van der Waals surface area (Å²) in [7, 11) is 2.03. The number of Topliss-reactive ketones (excluding diaryl/α,β-unsaturated/α-hetero) is 1. The molecule has 1 atom stereocenters. The monoisotopic (exact) mass is 247 g/mol. The molecule has 0 amide bonds. The lowest BCUT2D eigenvalue weighted by molar-refractivity contribution is -0.134. The van der Waals surface area contributed by atoms with Crippen molar-refractivity contribution in [2.45, 2.75) is 25.9 Å². The predicted molar refractivity (Wildman–Crippen MR) is 71.8 cm³/mol. The first-order chi connectivity index (χ1) is 8.69. The molecule has 0 aromatic heterocycles. The van der Waals surface area contributed by atoms with Crippen molar-refractivity contribution in [1.82, 2.24) is 4.90 Å². The standard InChI is InChI=1S/C15H21NO2/c1-3-12-4-6-13(7-5-12)10-14(17)15-11-16(2)8-9-18-15/h4-7,15H,3,8-11H2,1-2H3. The third-order valence-corrected chi connectivity index (χ3v) is 3.44. The molecule has 1 heterocycles. The number of benzene rings is 1. The number of likely N-dealkylation sites (N-methyl/N-ethyl adjacent to an activating group) is 1. The summed E-state index contributed by atoms with van der Waals surface area (Å²) in [5, 5.41) is 0. The number of ketones is 1. The maximum atomic E-state index is 12.1. The van der Waals surface area contributed by atoms with Gasteiger partial charge in [0.1, 0.15) is 6.10 Å². The second-order valence-electron chi connectivity index (χ2n) is 4.93. The van der Waals surface area contributed by atoms with E-state index < -0.39 is 0 Å². The fraction of sp³-hybridized carbons (Fsp3) is 0.533. The molecule has 0 spiro atoms. The Balaban J connectivity index is 1.93. The summed E-state index contributed by atoms with van der Waals surface area (Å²) in [5.74, 6) is 0.186. The molecule has 1 unspecified atom stereocenters. The minimum absolute atomic E-state index is 0.186. The van der Waals surface area contributed by atoms with Gasteiger partial charge in [0.25, 0.3) is 0 Å². The molecule has 2 rings (SSSR count). The number of rotatable bonds is 4. The molecule has 3 nitrogen and oxygen atoms in total. The topological polar surface area (TPSA) is 29.5 Å². The van der Waals surface area contributed by atoms with E-state index in [4.69, 9.17) is 4.74 Å². The number of aryl methyl sites for hydroxylation is 1. The lowest BCUT2D eigenvalue weighted by Gasteiger charge is -2.29. The van der Waals surface area contributed by atoms with E-state index in [-0.39, 0.29) is 11.9 Å². The van der Waals surface area contributed by atoms with Gasteiger partial charge in [-0.25, -0.2) is 0 Å². The molecule has 1 aromatic carbocycles. The first kappa shape index (κ1) is 13.2. The maximum Gasteiger partial charge on any atom is 0.167 e. The molecule has 1 saturated heterocycles. The van der Waals surface area contributed by atoms with Crippen molar-refractivity contribution in [3.63, 3.8) is 0 Å². The molecule has 3 heteroatoms. The molecule has 0 N–H and O–H groups in total. The summed E-state index contributed by atoms with van der Waals surface area (Å²) in [6.07, 6.45) is 1.25. The Bertz CT molecular complexity index is 399. The van der Waals surface area contributed by atoms with Gasteiger partial charge in [0.05, 0.1) is 6.61 Å². The van der Waals surface area contributed by atoms with Crippen LogP contribution in [0.25, 0.3) is 0 Å². The van der Waals surface area contributed by atoms with Crippen molar-refractivity contribution >= 4 is 5.78 Å². The highest BCUT2D eigenvalue weighted by Crippen LogP contribution is 2.10. The van der Waals surface area contributed by atoms with Gasteiger partial charge < -0.3 is 9.64 Å². The number of carbonyl (C=O) groups is 1. The van der Waals surface area contributed by atoms with Gasteiger partial charge in [-0.2, -0.15) is 0 Å². The van der Waals surface area contributed by atoms with Crippen LogP contribution in [0.4, 0.5) is 0 Å². The highest BCUT2D eigenvalue weighted by atomic mass is 16.5. The van der Waals surface area contributed by atoms with E-state index in [0.717, 1.165) is 18.5 Å². The summed E-state index contributed by atoms with van der Waals surface area (Å²) < 4.78 is 5.54. The van der Waals surface area contributed by atoms with Crippen LogP contribution >= 0.6 is 0 Å². The number of morpholine rings is 1. The lowest BCUT2D eigenvalue weighted by atomic mass is 10.0. The molecule has 0 bridgehead atoms. The van der Waals surface area contributed by atoms with Crippen LogP contribution in [0.1, 0.15) is 18.1 Å². The summed E-state index contributed by atoms with van der Waals surface area (Å²) in [4.78, 5) is 14.3. The largest absolute Gasteiger partial charge is 0.368 e. The van der Waals surface area contributed by atoms with Crippen LogP contribution in [-0.4, -0.2) is 43.5 Å². The van der Waals surface area contributed by atoms with Crippen molar-refractivity contribution in [2.24, 2.45) is 0 Å². The van der Waals surface area contributed by atoms with Gasteiger partial charge >= 0.3 is 0 Å². The van der Waals surface area contributed by atoms with Crippen molar-refractivity contribution in [2.75, 3.05) is 26.7 Å². The molecule has 0 saturated carbocycles. The van der Waals surface area contributed by atoms with E-state index in [1.165, 1.54) is 5.56 Å². The predicted octanol–water partition coefficient (Wildman–Crippen LogP) is 1.69. The SMILES string of the molecule is CCc1ccc(CC(=O)C2CN(C)CCO2)cc1. The smallest absolute Gasteiger partial charge is 0.167 e. The highest BCUT2D eigenvalue weighted by molar-refractivity contribution is 5.85. The van der Waals surface area contributed by atoms with Crippen LogP contribution in [-0.2, 0) is 22.4 Å². The van der Waals surface area contributed by atoms with Gasteiger partial charge in [-0.15, -0.1) is 0 Å². The fourth-order valence-electron chi connectivity index (χ4n) is 2.18. The molecule has 98 valence electrons. The summed E-state index contributed by atoms with van der Waals surface area (Å²) in [6.45, 7) is 4.41. The van der Waals surface area contributed by atoms with Crippen LogP contribution in [0.3, 0.4) is 0 Å². The first-order valence-corrected chi connectivity index (χ1v) is 6.59. The Hall–Kier alpha value is -1.19. The van der Waals surface area contributed by atoms with E-state index >= 15 is 0 Å². The molecule has 0 aliphatic carbocycles. The quantitative estimate of drug-likeness (QED) is 0.811. The Morgan fingerprint density at radius 3 is 2.61 bits per heavy atom. The van der Waals surface area contributed by atoms with Gasteiger partial charge in [0.15, 0.2) is 5.78 Å². The lowest BCUT2D eigenvalue weighted by Crippen LogP contribution is -2.44. The van der Waals surface area contributed by atoms with E-state index in [1.54, 1.807) is 0 Å². The minimum Gasteiger partial charge on any atom is -0.368 e. The van der Waals surface area contributed by atoms with Gasteiger partial charge in [-0.3, -0.25) is 4.79 Å². The van der Waals surface area contributed by atoms with Crippen molar-refractivity contribution in [3.05, 3.63) is 35.4 Å². The summed E-state index contributed by atoms with van der Waals surface area (Å²) in [5.41, 5.74) is 2.38. The molecule has 1 fully saturated rings. The molecular formula is C15H21NO2. The van der Waals surface area contributed by atoms with Crippen LogP contribution in [0.2, 0.25) is 0 Å². The fourth-order valence-corrected chi connectivity index (χ4v) is 2.18. The number of hydrogen-bond acceptors (Lipinski definition) is 3. The first-order valence-electron chi connectivity index (χ1n) is 6.59. The zero-order chi connectivity index (χ0) is 13.0. The van der Waals surface area contributed by atoms with Gasteiger partial charge in [-0.05, 0) is 24.6 Å². The summed E-state index contributed by atoms with van der Waals surface area (Å²) >= 11 is 0. The third-order valence-electron chi connectivity index (χ3n) is 3.44. The molecular weight excluding hydrogens is 226 g/mol. The number of hydrogen-bond donors (Lipinski definition) is 0. The molecule has 0 radical (unpaired) electrons. The highest BCUT2D eigenvalue weighted by Gasteiger charge is 2.24. The Morgan fingerprint density at radius 2 is 2.00 bits per heavy atom. The zero-order valence-electron chi connectivity index (χ0n) is 11.2. The maximum absolute atomic E-state index is 12.1. The van der Waals surface area contributed by atoms with E-state index in [1.807, 2.05) is 19.2 Å². The van der Waals surface area contributed by atoms with Crippen molar-refractivity contribution < 1.29 is 9.53 Å². The Labute approximate surface area is 109 Å². The minimum atomic E-state index is -0.255. The van der Waals surface area contributed by atoms with Gasteiger partial charge in [-0.1, -0.05) is 31.2 Å². The van der Waals surface area contributed by atoms with Gasteiger partial charge in [0.2, 0.25) is 0 Å². The van der Waals surface area contributed by atoms with E-state index in [9.17, 15) is 4.79 Å². The zero-order valence-corrected chi connectivity index (χ0v) is 11.2. The summed E-state index contributed by atoms with van der Waals surface area (Å²) in [6, 6.07) is 8.28. The van der Waals surface area contributed by atoms with Crippen LogP contribution < -0.4 is 0 Å². The van der Waals surface area contributed by atoms with Crippen LogP contribution in [0.5, 0.6) is 0 Å². The molecule has 1 aliphatic rings. The average molecular weight is 247 g/mol. The number of ether oxygens (including phenoxy) is 1. The molecule has 1 aliphatic heterocycles. The van der Waals surface area contributed by atoms with Crippen LogP contribution in [0, 0.1) is 0 Å². The Morgan fingerprint density at radius 1 is 1.33 bits per heavy atom. The van der Waals surface area contributed by atoms with Crippen molar-refractivity contribution in [3.8, 4) is 0 Å². The second-order valence-corrected chi connectivity index (χ2v) is 4.93.